The van der Waals surface area contributed by atoms with E-state index in [1.165, 1.54) is 0 Å². The van der Waals surface area contributed by atoms with Gasteiger partial charge in [-0.05, 0) is 74.8 Å². The fraction of sp³-hybridized carbons (Fsp3) is 0.385. The van der Waals surface area contributed by atoms with Gasteiger partial charge in [0.1, 0.15) is 22.8 Å². The van der Waals surface area contributed by atoms with Crippen molar-refractivity contribution in [3.63, 3.8) is 0 Å². The Balaban J connectivity index is 0.877. The molecule has 10 nitrogen and oxygen atoms in total. The second kappa shape index (κ2) is 18.2. The van der Waals surface area contributed by atoms with Crippen molar-refractivity contribution in [2.24, 2.45) is 0 Å². The highest BCUT2D eigenvalue weighted by Gasteiger charge is 2.33. The van der Waals surface area contributed by atoms with Gasteiger partial charge < -0.3 is 29.1 Å². The fourth-order valence-corrected chi connectivity index (χ4v) is 8.92. The summed E-state index contributed by atoms with van der Waals surface area (Å²) in [7, 11) is 0. The number of nitrogens with zero attached hydrogens (tertiary/aromatic N) is 6. The van der Waals surface area contributed by atoms with Crippen LogP contribution in [0.4, 0.5) is 11.6 Å². The summed E-state index contributed by atoms with van der Waals surface area (Å²) in [4.78, 5) is 46.5. The van der Waals surface area contributed by atoms with Gasteiger partial charge >= 0.3 is 11.9 Å². The van der Waals surface area contributed by atoms with Crippen molar-refractivity contribution in [3.8, 4) is 22.5 Å². The van der Waals surface area contributed by atoms with Crippen molar-refractivity contribution >= 4 is 45.1 Å². The average molecular weight is 833 g/mol. The summed E-state index contributed by atoms with van der Waals surface area (Å²) in [6.45, 7) is 21.7. The zero-order valence-electron chi connectivity index (χ0n) is 37.2. The Morgan fingerprint density at radius 3 is 1.23 bits per heavy atom. The van der Waals surface area contributed by atoms with Gasteiger partial charge in [-0.25, -0.2) is 19.6 Å². The fourth-order valence-electron chi connectivity index (χ4n) is 8.92. The van der Waals surface area contributed by atoms with Crippen molar-refractivity contribution in [1.82, 2.24) is 19.8 Å². The molecule has 8 rings (SSSR count). The number of fused-ring (bicyclic) bond motifs is 2. The smallest absolute Gasteiger partial charge is 0.418 e. The molecule has 62 heavy (non-hydrogen) atoms. The molecule has 0 saturated carbocycles. The number of hydrogen-bond acceptors (Lipinski definition) is 10. The molecule has 0 unspecified atom stereocenters. The number of anilines is 2. The predicted molar refractivity (Wildman–Crippen MR) is 251 cm³/mol. The van der Waals surface area contributed by atoms with Gasteiger partial charge in [0.15, 0.2) is 0 Å². The first-order chi connectivity index (χ1) is 29.9. The molecule has 6 aromatic rings. The molecule has 0 bridgehead atoms. The van der Waals surface area contributed by atoms with Gasteiger partial charge in [-0.2, -0.15) is 0 Å². The number of carbonyl (C=O) groups excluding carboxylic acids is 2. The first-order valence-electron chi connectivity index (χ1n) is 22.3. The van der Waals surface area contributed by atoms with Crippen LogP contribution in [0.1, 0.15) is 52.7 Å². The molecule has 322 valence electrons. The van der Waals surface area contributed by atoms with Crippen molar-refractivity contribution in [3.05, 3.63) is 120 Å². The van der Waals surface area contributed by atoms with E-state index in [0.29, 0.717) is 12.8 Å². The summed E-state index contributed by atoms with van der Waals surface area (Å²) < 4.78 is 11.5. The average Bonchev–Trinajstić information content (AvgIpc) is 3.28. The van der Waals surface area contributed by atoms with E-state index in [1.54, 1.807) is 0 Å². The highest BCUT2D eigenvalue weighted by atomic mass is 16.6. The summed E-state index contributed by atoms with van der Waals surface area (Å²) in [5.74, 6) is 0.0481. The Morgan fingerprint density at radius 1 is 0.516 bits per heavy atom. The highest BCUT2D eigenvalue weighted by Crippen LogP contribution is 2.33. The molecule has 2 aliphatic heterocycles. The van der Waals surface area contributed by atoms with E-state index in [4.69, 9.17) is 19.4 Å². The lowest BCUT2D eigenvalue weighted by atomic mass is 9.96. The van der Waals surface area contributed by atoms with E-state index < -0.39 is 23.1 Å². The number of piperazine rings is 2. The molecule has 0 atom stereocenters. The van der Waals surface area contributed by atoms with Gasteiger partial charge in [0, 0.05) is 87.1 Å². The Hall–Kier alpha value is -5.84. The predicted octanol–water partition coefficient (Wildman–Crippen LogP) is 8.83. The maximum atomic E-state index is 13.2. The van der Waals surface area contributed by atoms with E-state index in [2.05, 4.69) is 118 Å². The van der Waals surface area contributed by atoms with Crippen LogP contribution in [0, 0.1) is 0 Å². The lowest BCUT2D eigenvalue weighted by molar-refractivity contribution is -0.182. The van der Waals surface area contributed by atoms with Crippen molar-refractivity contribution in [1.29, 1.82) is 0 Å². The molecule has 2 aliphatic rings. The molecule has 2 fully saturated rings. The Bertz CT molecular complexity index is 2340. The second-order valence-corrected chi connectivity index (χ2v) is 18.0. The molecule has 4 heterocycles. The summed E-state index contributed by atoms with van der Waals surface area (Å²) in [5.41, 5.74) is 3.92. The molecule has 0 radical (unpaired) electrons. The lowest BCUT2D eigenvalue weighted by Crippen LogP contribution is -2.46. The topological polar surface area (TPSA) is 91.3 Å². The number of aromatic nitrogens is 2. The maximum Gasteiger partial charge on any atom is 0.418 e. The third kappa shape index (κ3) is 9.93. The third-order valence-corrected chi connectivity index (χ3v) is 12.3. The zero-order chi connectivity index (χ0) is 43.4. The Morgan fingerprint density at radius 2 is 0.871 bits per heavy atom. The summed E-state index contributed by atoms with van der Waals surface area (Å²) >= 11 is 0. The van der Waals surface area contributed by atoms with E-state index >= 15 is 0 Å². The normalized spacial score (nSPS) is 15.6. The molecule has 0 spiro atoms. The number of pyridine rings is 2. The third-order valence-electron chi connectivity index (χ3n) is 12.3. The van der Waals surface area contributed by atoms with Crippen LogP contribution in [0.3, 0.4) is 0 Å². The minimum Gasteiger partial charge on any atom is -0.451 e. The largest absolute Gasteiger partial charge is 0.451 e. The van der Waals surface area contributed by atoms with Gasteiger partial charge in [0.25, 0.3) is 0 Å². The molecule has 2 saturated heterocycles. The number of likely N-dealkylation sites (N-methyl/N-ethyl adjacent to an activating group) is 2. The molecular formula is C52H60N6O4. The first-order valence-corrected chi connectivity index (χ1v) is 22.3. The standard InChI is InChI=1S/C52H60N6O4/c1-7-55-25-29-57(30-26-55)47-43-15-11-9-13-41(43)33-45(53-47)39-21-17-37(18-22-39)35-51(3,4)61-49(59)50(60)62-52(5,6)36-38-19-23-40(24-20-38)46-34-42-14-10-12-16-44(42)48(54-46)58-31-27-56(8-2)28-32-58/h9-24,33-34H,7-8,25-32,35-36H2,1-6H3. The molecule has 0 aliphatic carbocycles. The van der Waals surface area contributed by atoms with Gasteiger partial charge in [-0.3, -0.25) is 0 Å². The number of hydrogen-bond donors (Lipinski definition) is 0. The van der Waals surface area contributed by atoms with E-state index in [0.717, 1.165) is 132 Å². The first kappa shape index (κ1) is 42.8. The van der Waals surface area contributed by atoms with Gasteiger partial charge in [0.2, 0.25) is 0 Å². The number of esters is 2. The van der Waals surface area contributed by atoms with Crippen molar-refractivity contribution < 1.29 is 19.1 Å². The maximum absolute atomic E-state index is 13.2. The number of benzene rings is 4. The van der Waals surface area contributed by atoms with Crippen molar-refractivity contribution in [2.45, 2.75) is 65.6 Å². The van der Waals surface area contributed by atoms with E-state index in [-0.39, 0.29) is 0 Å². The van der Waals surface area contributed by atoms with E-state index in [1.807, 2.05) is 52.0 Å². The SMILES string of the molecule is CCN1CCN(c2nc(-c3ccc(CC(C)(C)OC(=O)C(=O)OC(C)(C)Cc4ccc(-c5cc6ccccc6c(N6CCN(CC)CC6)n5)cc4)cc3)cc3ccccc23)CC1. The molecule has 0 N–H and O–H groups in total. The minimum absolute atomic E-state index is 0.420. The molecule has 2 aromatic heterocycles. The van der Waals surface area contributed by atoms with Crippen LogP contribution in [-0.2, 0) is 31.9 Å². The summed E-state index contributed by atoms with van der Waals surface area (Å²) in [5, 5.41) is 4.65. The molecule has 4 aromatic carbocycles. The molecular weight excluding hydrogens is 773 g/mol. The van der Waals surface area contributed by atoms with Crippen LogP contribution in [0.25, 0.3) is 44.1 Å². The van der Waals surface area contributed by atoms with Crippen LogP contribution >= 0.6 is 0 Å². The van der Waals surface area contributed by atoms with Gasteiger partial charge in [0.05, 0.1) is 11.4 Å². The quantitative estimate of drug-likeness (QED) is 0.0881. The van der Waals surface area contributed by atoms with Crippen LogP contribution in [-0.4, -0.2) is 108 Å². The van der Waals surface area contributed by atoms with Crippen molar-refractivity contribution in [2.75, 3.05) is 75.2 Å². The number of ether oxygens (including phenoxy) is 2. The lowest BCUT2D eigenvalue weighted by Gasteiger charge is -2.35. The molecule has 0 amide bonds. The van der Waals surface area contributed by atoms with Crippen LogP contribution < -0.4 is 9.80 Å². The molecule has 10 heteroatoms. The van der Waals surface area contributed by atoms with E-state index in [9.17, 15) is 9.59 Å². The summed E-state index contributed by atoms with van der Waals surface area (Å²) in [6.07, 6.45) is 0.840. The second-order valence-electron chi connectivity index (χ2n) is 18.0. The summed E-state index contributed by atoms with van der Waals surface area (Å²) in [6, 6.07) is 37.6. The number of rotatable bonds is 12. The Kier molecular flexibility index (Phi) is 12.6. The van der Waals surface area contributed by atoms with Crippen LogP contribution in [0.2, 0.25) is 0 Å². The van der Waals surface area contributed by atoms with Gasteiger partial charge in [-0.1, -0.05) is 111 Å². The monoisotopic (exact) mass is 832 g/mol. The Labute approximate surface area is 366 Å². The van der Waals surface area contributed by atoms with Crippen LogP contribution in [0.5, 0.6) is 0 Å². The highest BCUT2D eigenvalue weighted by molar-refractivity contribution is 6.29. The minimum atomic E-state index is -1.00. The van der Waals surface area contributed by atoms with Crippen LogP contribution in [0.15, 0.2) is 109 Å². The van der Waals surface area contributed by atoms with Gasteiger partial charge in [-0.15, -0.1) is 0 Å². The number of carbonyl (C=O) groups is 2. The zero-order valence-corrected chi connectivity index (χ0v) is 37.2.